The van der Waals surface area contributed by atoms with Gasteiger partial charge in [-0.15, -0.1) is 0 Å². The number of halogens is 2. The number of nitrogens with zero attached hydrogens (tertiary/aromatic N) is 2. The van der Waals surface area contributed by atoms with E-state index in [1.54, 1.807) is 34.1 Å². The van der Waals surface area contributed by atoms with Gasteiger partial charge in [0.05, 0.1) is 12.7 Å². The topological polar surface area (TPSA) is 53.8 Å². The van der Waals surface area contributed by atoms with Crippen molar-refractivity contribution < 1.29 is 18.4 Å². The van der Waals surface area contributed by atoms with Crippen LogP contribution in [-0.2, 0) is 11.2 Å². The van der Waals surface area contributed by atoms with E-state index in [-0.39, 0.29) is 18.2 Å². The maximum atomic E-state index is 13.8. The van der Waals surface area contributed by atoms with Gasteiger partial charge < -0.3 is 14.2 Å². The Balaban J connectivity index is 1.57. The summed E-state index contributed by atoms with van der Waals surface area (Å²) in [4.78, 5) is 27.9. The molecule has 1 aromatic heterocycles. The molecular weight excluding hydrogens is 379 g/mol. The summed E-state index contributed by atoms with van der Waals surface area (Å²) in [6.45, 7) is 1.74. The summed E-state index contributed by atoms with van der Waals surface area (Å²) >= 11 is 3.28. The first kappa shape index (κ1) is 16.7. The van der Waals surface area contributed by atoms with Gasteiger partial charge in [0.15, 0.2) is 5.76 Å². The first-order valence-electron chi connectivity index (χ1n) is 7.59. The van der Waals surface area contributed by atoms with Crippen molar-refractivity contribution in [2.45, 2.75) is 6.42 Å². The molecule has 1 aromatic carbocycles. The minimum Gasteiger partial charge on any atom is -0.459 e. The number of rotatable bonds is 3. The molecule has 2 amide bonds. The highest BCUT2D eigenvalue weighted by Crippen LogP contribution is 2.17. The molecule has 1 aliphatic heterocycles. The standard InChI is InChI=1S/C17H16BrFN2O3/c18-13-3-4-14(19)12(10-13)11-16(22)20-5-7-21(8-6-20)17(23)15-2-1-9-24-15/h1-4,9-10H,5-8,11H2. The van der Waals surface area contributed by atoms with Crippen molar-refractivity contribution in [1.29, 1.82) is 0 Å². The van der Waals surface area contributed by atoms with Gasteiger partial charge in [-0.05, 0) is 35.9 Å². The molecule has 0 aliphatic carbocycles. The van der Waals surface area contributed by atoms with Crippen LogP contribution in [0.15, 0.2) is 45.5 Å². The van der Waals surface area contributed by atoms with Crippen LogP contribution in [0.4, 0.5) is 4.39 Å². The summed E-state index contributed by atoms with van der Waals surface area (Å²) in [5.74, 6) is -0.411. The molecule has 0 spiro atoms. The van der Waals surface area contributed by atoms with Crippen molar-refractivity contribution in [2.75, 3.05) is 26.2 Å². The molecule has 0 radical (unpaired) electrons. The fraction of sp³-hybridized carbons (Fsp3) is 0.294. The summed E-state index contributed by atoms with van der Waals surface area (Å²) < 4.78 is 19.6. The number of hydrogen-bond donors (Lipinski definition) is 0. The van der Waals surface area contributed by atoms with Crippen LogP contribution in [0.3, 0.4) is 0 Å². The molecule has 1 aliphatic rings. The number of carbonyl (C=O) groups excluding carboxylic acids is 2. The van der Waals surface area contributed by atoms with E-state index in [0.717, 1.165) is 4.47 Å². The summed E-state index contributed by atoms with van der Waals surface area (Å²) in [6, 6.07) is 7.84. The van der Waals surface area contributed by atoms with E-state index >= 15 is 0 Å². The smallest absolute Gasteiger partial charge is 0.289 e. The lowest BCUT2D eigenvalue weighted by molar-refractivity contribution is -0.132. The van der Waals surface area contributed by atoms with Crippen molar-refractivity contribution in [2.24, 2.45) is 0 Å². The summed E-state index contributed by atoms with van der Waals surface area (Å²) in [6.07, 6.45) is 1.47. The monoisotopic (exact) mass is 394 g/mol. The van der Waals surface area contributed by atoms with Gasteiger partial charge in [-0.25, -0.2) is 4.39 Å². The van der Waals surface area contributed by atoms with E-state index in [1.165, 1.54) is 12.3 Å². The number of benzene rings is 1. The molecule has 7 heteroatoms. The third-order valence-electron chi connectivity index (χ3n) is 4.00. The molecule has 2 heterocycles. The maximum Gasteiger partial charge on any atom is 0.289 e. The SMILES string of the molecule is O=C(Cc1cc(Br)ccc1F)N1CCN(C(=O)c2ccco2)CC1. The molecular formula is C17H16BrFN2O3. The predicted molar refractivity (Wildman–Crippen MR) is 89.0 cm³/mol. The minimum absolute atomic E-state index is 0.0113. The molecule has 3 rings (SSSR count). The van der Waals surface area contributed by atoms with Gasteiger partial charge in [0.1, 0.15) is 5.82 Å². The fourth-order valence-electron chi connectivity index (χ4n) is 2.67. The molecule has 24 heavy (non-hydrogen) atoms. The second kappa shape index (κ2) is 7.17. The summed E-state index contributed by atoms with van der Waals surface area (Å²) in [5.41, 5.74) is 0.364. The van der Waals surface area contributed by atoms with Crippen LogP contribution in [0.25, 0.3) is 0 Å². The molecule has 0 N–H and O–H groups in total. The molecule has 0 atom stereocenters. The Morgan fingerprint density at radius 1 is 1.12 bits per heavy atom. The number of amides is 2. The Labute approximate surface area is 147 Å². The van der Waals surface area contributed by atoms with Crippen LogP contribution < -0.4 is 0 Å². The lowest BCUT2D eigenvalue weighted by Gasteiger charge is -2.34. The highest BCUT2D eigenvalue weighted by Gasteiger charge is 2.26. The molecule has 0 bridgehead atoms. The lowest BCUT2D eigenvalue weighted by Crippen LogP contribution is -2.51. The highest BCUT2D eigenvalue weighted by atomic mass is 79.9. The second-order valence-corrected chi connectivity index (χ2v) is 6.48. The van der Waals surface area contributed by atoms with Gasteiger partial charge in [0.25, 0.3) is 5.91 Å². The number of carbonyl (C=O) groups is 2. The Hall–Kier alpha value is -2.15. The van der Waals surface area contributed by atoms with E-state index in [9.17, 15) is 14.0 Å². The van der Waals surface area contributed by atoms with Gasteiger partial charge in [0.2, 0.25) is 5.91 Å². The van der Waals surface area contributed by atoms with Gasteiger partial charge in [-0.1, -0.05) is 15.9 Å². The van der Waals surface area contributed by atoms with Crippen molar-refractivity contribution in [3.05, 3.63) is 58.2 Å². The predicted octanol–water partition coefficient (Wildman–Crippen LogP) is 2.71. The fourth-order valence-corrected chi connectivity index (χ4v) is 3.08. The van der Waals surface area contributed by atoms with Crippen LogP contribution in [0.1, 0.15) is 16.1 Å². The quantitative estimate of drug-likeness (QED) is 0.803. The summed E-state index contributed by atoms with van der Waals surface area (Å²) in [5, 5.41) is 0. The minimum atomic E-state index is -0.391. The van der Waals surface area contributed by atoms with E-state index in [0.29, 0.717) is 37.5 Å². The van der Waals surface area contributed by atoms with E-state index in [2.05, 4.69) is 15.9 Å². The molecule has 2 aromatic rings. The first-order chi connectivity index (χ1) is 11.5. The zero-order valence-electron chi connectivity index (χ0n) is 12.9. The largest absolute Gasteiger partial charge is 0.459 e. The summed E-state index contributed by atoms with van der Waals surface area (Å²) in [7, 11) is 0. The number of furan rings is 1. The Morgan fingerprint density at radius 2 is 1.83 bits per heavy atom. The van der Waals surface area contributed by atoms with Crippen molar-refractivity contribution in [1.82, 2.24) is 9.80 Å². The van der Waals surface area contributed by atoms with Gasteiger partial charge in [0, 0.05) is 30.7 Å². The van der Waals surface area contributed by atoms with Crippen LogP contribution in [0.2, 0.25) is 0 Å². The molecule has 0 saturated carbocycles. The van der Waals surface area contributed by atoms with Crippen molar-refractivity contribution in [3.8, 4) is 0 Å². The van der Waals surface area contributed by atoms with Gasteiger partial charge in [-0.2, -0.15) is 0 Å². The molecule has 0 unspecified atom stereocenters. The zero-order valence-corrected chi connectivity index (χ0v) is 14.5. The average Bonchev–Trinajstić information content (AvgIpc) is 3.12. The van der Waals surface area contributed by atoms with E-state index in [1.807, 2.05) is 0 Å². The third kappa shape index (κ3) is 3.67. The maximum absolute atomic E-state index is 13.8. The zero-order chi connectivity index (χ0) is 17.1. The van der Waals surface area contributed by atoms with Crippen LogP contribution in [0.5, 0.6) is 0 Å². The van der Waals surface area contributed by atoms with Crippen LogP contribution in [0, 0.1) is 5.82 Å². The third-order valence-corrected chi connectivity index (χ3v) is 4.49. The van der Waals surface area contributed by atoms with Crippen molar-refractivity contribution in [3.63, 3.8) is 0 Å². The second-order valence-electron chi connectivity index (χ2n) is 5.56. The van der Waals surface area contributed by atoms with Crippen molar-refractivity contribution >= 4 is 27.7 Å². The average molecular weight is 395 g/mol. The van der Waals surface area contributed by atoms with E-state index < -0.39 is 5.82 Å². The molecule has 126 valence electrons. The Morgan fingerprint density at radius 3 is 2.50 bits per heavy atom. The number of piperazine rings is 1. The highest BCUT2D eigenvalue weighted by molar-refractivity contribution is 9.10. The number of hydrogen-bond acceptors (Lipinski definition) is 3. The molecule has 1 fully saturated rings. The van der Waals surface area contributed by atoms with Gasteiger partial charge in [-0.3, -0.25) is 9.59 Å². The Kier molecular flexibility index (Phi) is 4.99. The first-order valence-corrected chi connectivity index (χ1v) is 8.38. The Bertz CT molecular complexity index is 740. The van der Waals surface area contributed by atoms with Crippen LogP contribution in [-0.4, -0.2) is 47.8 Å². The lowest BCUT2D eigenvalue weighted by atomic mass is 10.1. The van der Waals surface area contributed by atoms with Gasteiger partial charge >= 0.3 is 0 Å². The van der Waals surface area contributed by atoms with Crippen LogP contribution >= 0.6 is 15.9 Å². The molecule has 1 saturated heterocycles. The van der Waals surface area contributed by atoms with E-state index in [4.69, 9.17) is 4.42 Å². The molecule has 5 nitrogen and oxygen atoms in total. The normalized spacial score (nSPS) is 14.8.